The van der Waals surface area contributed by atoms with Gasteiger partial charge in [-0.15, -0.1) is 0 Å². The van der Waals surface area contributed by atoms with Crippen LogP contribution >= 0.6 is 0 Å². The quantitative estimate of drug-likeness (QED) is 0.744. The maximum absolute atomic E-state index is 13.0. The molecule has 3 aliphatic carbocycles. The van der Waals surface area contributed by atoms with Gasteiger partial charge in [-0.3, -0.25) is 9.59 Å². The molecule has 0 saturated heterocycles. The summed E-state index contributed by atoms with van der Waals surface area (Å²) in [7, 11) is 0. The van der Waals surface area contributed by atoms with Gasteiger partial charge in [-0.2, -0.15) is 0 Å². The molecule has 4 unspecified atom stereocenters. The smallest absolute Gasteiger partial charge is 0.255 e. The summed E-state index contributed by atoms with van der Waals surface area (Å²) in [6, 6.07) is 11.4. The molecule has 4 aliphatic rings. The summed E-state index contributed by atoms with van der Waals surface area (Å²) in [5.74, 6) is 1.20. The van der Waals surface area contributed by atoms with E-state index in [-0.39, 0.29) is 29.1 Å². The highest BCUT2D eigenvalue weighted by atomic mass is 16.3. The molecule has 3 N–H and O–H groups in total. The Morgan fingerprint density at radius 3 is 2.90 bits per heavy atom. The molecule has 2 aromatic rings. The van der Waals surface area contributed by atoms with E-state index >= 15 is 0 Å². The Hall–Kier alpha value is -2.76. The second kappa shape index (κ2) is 6.65. The second-order valence-electron chi connectivity index (χ2n) is 9.07. The van der Waals surface area contributed by atoms with Crippen LogP contribution in [0.5, 0.6) is 0 Å². The molecule has 0 radical (unpaired) electrons. The fourth-order valence-corrected chi connectivity index (χ4v) is 5.74. The predicted molar refractivity (Wildman–Crippen MR) is 109 cm³/mol. The maximum Gasteiger partial charge on any atom is 0.255 e. The lowest BCUT2D eigenvalue weighted by atomic mass is 9.51. The van der Waals surface area contributed by atoms with E-state index in [1.807, 2.05) is 36.4 Å². The number of carbonyl (C=O) groups is 2. The molecule has 6 nitrogen and oxygen atoms in total. The molecule has 3 fully saturated rings. The van der Waals surface area contributed by atoms with Gasteiger partial charge in [0.25, 0.3) is 5.91 Å². The topological polar surface area (TPSA) is 83.4 Å². The number of nitrogens with one attached hydrogen (secondary N) is 3. The zero-order chi connectivity index (χ0) is 20.1. The van der Waals surface area contributed by atoms with E-state index in [9.17, 15) is 9.59 Å². The molecule has 29 heavy (non-hydrogen) atoms. The normalized spacial score (nSPS) is 32.4. The van der Waals surface area contributed by atoms with Gasteiger partial charge in [0.2, 0.25) is 5.91 Å². The number of carbonyl (C=O) groups excluding carboxylic acids is 2. The lowest BCUT2D eigenvalue weighted by Crippen LogP contribution is -2.70. The highest BCUT2D eigenvalue weighted by Crippen LogP contribution is 2.58. The van der Waals surface area contributed by atoms with Gasteiger partial charge in [0.05, 0.1) is 11.8 Å². The molecule has 1 spiro atoms. The van der Waals surface area contributed by atoms with Crippen LogP contribution in [0, 0.1) is 17.3 Å². The van der Waals surface area contributed by atoms with Crippen molar-refractivity contribution in [3.8, 4) is 0 Å². The minimum Gasteiger partial charge on any atom is -0.469 e. The summed E-state index contributed by atoms with van der Waals surface area (Å²) in [6.07, 6.45) is 5.93. The first-order chi connectivity index (χ1) is 14.0. The van der Waals surface area contributed by atoms with Crippen molar-refractivity contribution in [1.29, 1.82) is 0 Å². The molecule has 2 bridgehead atoms. The Labute approximate surface area is 170 Å². The Balaban J connectivity index is 1.31. The van der Waals surface area contributed by atoms with Crippen molar-refractivity contribution in [1.82, 2.24) is 10.6 Å². The molecule has 6 heteroatoms. The summed E-state index contributed by atoms with van der Waals surface area (Å²) in [5.41, 5.74) is 0.989. The molecule has 6 rings (SSSR count). The van der Waals surface area contributed by atoms with Crippen LogP contribution in [0.25, 0.3) is 0 Å². The minimum atomic E-state index is -0.455. The van der Waals surface area contributed by atoms with E-state index in [0.29, 0.717) is 18.5 Å². The fourth-order valence-electron chi connectivity index (χ4n) is 5.74. The number of fused-ring (bicyclic) bond motifs is 3. The van der Waals surface area contributed by atoms with Crippen molar-refractivity contribution in [3.63, 3.8) is 0 Å². The zero-order valence-electron chi connectivity index (χ0n) is 16.7. The van der Waals surface area contributed by atoms with Crippen molar-refractivity contribution < 1.29 is 14.0 Å². The molecule has 1 aromatic carbocycles. The summed E-state index contributed by atoms with van der Waals surface area (Å²) in [4.78, 5) is 25.8. The van der Waals surface area contributed by atoms with Crippen LogP contribution in [0.1, 0.15) is 48.7 Å². The van der Waals surface area contributed by atoms with Gasteiger partial charge in [-0.1, -0.05) is 19.1 Å². The van der Waals surface area contributed by atoms with Gasteiger partial charge in [-0.05, 0) is 55.4 Å². The van der Waals surface area contributed by atoms with Crippen LogP contribution < -0.4 is 16.0 Å². The highest BCUT2D eigenvalue weighted by molar-refractivity contribution is 6.02. The average molecular weight is 393 g/mol. The third-order valence-electron chi connectivity index (χ3n) is 7.24. The van der Waals surface area contributed by atoms with Crippen molar-refractivity contribution in [2.75, 3.05) is 11.9 Å². The Morgan fingerprint density at radius 2 is 2.10 bits per heavy atom. The van der Waals surface area contributed by atoms with E-state index in [2.05, 4.69) is 22.9 Å². The molecular formula is C23H27N3O3. The summed E-state index contributed by atoms with van der Waals surface area (Å²) in [5, 5.41) is 10.0. The monoisotopic (exact) mass is 393 g/mol. The molecule has 2 amide bonds. The van der Waals surface area contributed by atoms with E-state index in [1.165, 1.54) is 0 Å². The maximum atomic E-state index is 13.0. The lowest BCUT2D eigenvalue weighted by Gasteiger charge is -2.60. The van der Waals surface area contributed by atoms with Crippen LogP contribution in [0.4, 0.5) is 5.69 Å². The van der Waals surface area contributed by atoms with Gasteiger partial charge in [0.15, 0.2) is 0 Å². The number of hydrogen-bond donors (Lipinski definition) is 3. The SMILES string of the molecule is CC12CCC(CC1C(=O)NCCc1ccco1)C1(C2)NC(=O)c2ccccc2N1. The average Bonchev–Trinajstić information content (AvgIpc) is 3.21. The van der Waals surface area contributed by atoms with Gasteiger partial charge in [0.1, 0.15) is 11.4 Å². The molecule has 152 valence electrons. The molecule has 2 heterocycles. The molecular weight excluding hydrogens is 366 g/mol. The van der Waals surface area contributed by atoms with Gasteiger partial charge < -0.3 is 20.4 Å². The standard InChI is InChI=1S/C23H27N3O3/c1-22-10-8-15(13-18(22)21(28)24-11-9-16-5-4-12-29-16)23(14-22)25-19-7-3-2-6-17(19)20(27)26-23/h2-7,12,15,18,25H,8-11,13-14H2,1H3,(H,24,28)(H,26,27). The number of rotatable bonds is 4. The zero-order valence-corrected chi connectivity index (χ0v) is 16.7. The van der Waals surface area contributed by atoms with Crippen molar-refractivity contribution in [2.45, 2.75) is 44.7 Å². The van der Waals surface area contributed by atoms with Gasteiger partial charge in [0, 0.05) is 30.5 Å². The summed E-state index contributed by atoms with van der Waals surface area (Å²) in [6.45, 7) is 2.78. The Kier molecular flexibility index (Phi) is 4.19. The number of furan rings is 1. The van der Waals surface area contributed by atoms with Crippen molar-refractivity contribution in [3.05, 3.63) is 54.0 Å². The second-order valence-corrected chi connectivity index (χ2v) is 9.07. The lowest BCUT2D eigenvalue weighted by molar-refractivity contribution is -0.139. The first kappa shape index (κ1) is 18.3. The largest absolute Gasteiger partial charge is 0.469 e. The van der Waals surface area contributed by atoms with E-state index in [0.717, 1.165) is 37.1 Å². The number of anilines is 1. The number of hydrogen-bond acceptors (Lipinski definition) is 4. The van der Waals surface area contributed by atoms with Crippen molar-refractivity contribution in [2.24, 2.45) is 17.3 Å². The summed E-state index contributed by atoms with van der Waals surface area (Å²) < 4.78 is 5.34. The number of amides is 2. The third kappa shape index (κ3) is 3.02. The minimum absolute atomic E-state index is 0.0186. The van der Waals surface area contributed by atoms with Crippen LogP contribution in [0.3, 0.4) is 0 Å². The van der Waals surface area contributed by atoms with Crippen molar-refractivity contribution >= 4 is 17.5 Å². The highest BCUT2D eigenvalue weighted by Gasteiger charge is 2.60. The number of para-hydroxylation sites is 1. The number of benzene rings is 1. The van der Waals surface area contributed by atoms with Crippen LogP contribution in [0.2, 0.25) is 0 Å². The molecule has 3 saturated carbocycles. The van der Waals surface area contributed by atoms with E-state index in [1.54, 1.807) is 6.26 Å². The van der Waals surface area contributed by atoms with E-state index in [4.69, 9.17) is 4.42 Å². The van der Waals surface area contributed by atoms with Gasteiger partial charge in [-0.25, -0.2) is 0 Å². The Bertz CT molecular complexity index is 941. The molecule has 1 aliphatic heterocycles. The van der Waals surface area contributed by atoms with Gasteiger partial charge >= 0.3 is 0 Å². The summed E-state index contributed by atoms with van der Waals surface area (Å²) >= 11 is 0. The van der Waals surface area contributed by atoms with Crippen LogP contribution in [-0.2, 0) is 11.2 Å². The Morgan fingerprint density at radius 1 is 1.24 bits per heavy atom. The van der Waals surface area contributed by atoms with Crippen LogP contribution in [0.15, 0.2) is 47.1 Å². The first-order valence-corrected chi connectivity index (χ1v) is 10.5. The first-order valence-electron chi connectivity index (χ1n) is 10.5. The van der Waals surface area contributed by atoms with Crippen LogP contribution in [-0.4, -0.2) is 24.0 Å². The third-order valence-corrected chi connectivity index (χ3v) is 7.24. The fraction of sp³-hybridized carbons (Fsp3) is 0.478. The van der Waals surface area contributed by atoms with E-state index < -0.39 is 5.66 Å². The molecule has 4 atom stereocenters. The predicted octanol–water partition coefficient (Wildman–Crippen LogP) is 3.32. The molecule has 1 aromatic heterocycles.